The van der Waals surface area contributed by atoms with E-state index in [9.17, 15) is 19.2 Å². The standard InChI is InChI=1S/C20H14Cl2N2O5/c21-12-5-6-15(22)16(8-12)23-9-11(7-17(23)25)20(28)29-10-24-18(26)13-3-1-2-4-14(13)19(24)27/h1-6,8,11H,7,9-10H2/t11-/m1/s1. The highest BCUT2D eigenvalue weighted by Crippen LogP contribution is 2.34. The van der Waals surface area contributed by atoms with Crippen LogP contribution in [0.2, 0.25) is 10.0 Å². The van der Waals surface area contributed by atoms with Crippen LogP contribution in [-0.2, 0) is 14.3 Å². The Morgan fingerprint density at radius 2 is 1.69 bits per heavy atom. The van der Waals surface area contributed by atoms with Gasteiger partial charge in [-0.2, -0.15) is 0 Å². The number of hydrogen-bond acceptors (Lipinski definition) is 5. The van der Waals surface area contributed by atoms with Crippen molar-refractivity contribution in [3.05, 3.63) is 63.6 Å². The monoisotopic (exact) mass is 432 g/mol. The SMILES string of the molecule is O=C(OCN1C(=O)c2ccccc2C1=O)[C@@H]1CC(=O)N(c2cc(Cl)ccc2Cl)C1. The van der Waals surface area contributed by atoms with E-state index in [2.05, 4.69) is 0 Å². The lowest BCUT2D eigenvalue weighted by Gasteiger charge is -2.19. The van der Waals surface area contributed by atoms with E-state index in [1.165, 1.54) is 4.90 Å². The molecule has 2 aromatic rings. The largest absolute Gasteiger partial charge is 0.443 e. The van der Waals surface area contributed by atoms with Gasteiger partial charge in [-0.3, -0.25) is 19.2 Å². The summed E-state index contributed by atoms with van der Waals surface area (Å²) >= 11 is 12.1. The summed E-state index contributed by atoms with van der Waals surface area (Å²) in [6.45, 7) is -0.437. The van der Waals surface area contributed by atoms with E-state index in [1.807, 2.05) is 0 Å². The lowest BCUT2D eigenvalue weighted by atomic mass is 10.1. The van der Waals surface area contributed by atoms with Crippen molar-refractivity contribution in [3.63, 3.8) is 0 Å². The number of anilines is 1. The Bertz CT molecular complexity index is 1020. The zero-order chi connectivity index (χ0) is 20.7. The molecule has 0 unspecified atom stereocenters. The molecule has 1 saturated heterocycles. The quantitative estimate of drug-likeness (QED) is 0.547. The van der Waals surface area contributed by atoms with Crippen LogP contribution in [0.1, 0.15) is 27.1 Å². The van der Waals surface area contributed by atoms with Gasteiger partial charge in [0.05, 0.1) is 27.8 Å². The second kappa shape index (κ2) is 7.50. The molecule has 1 atom stereocenters. The van der Waals surface area contributed by atoms with Crippen molar-refractivity contribution in [1.29, 1.82) is 0 Å². The van der Waals surface area contributed by atoms with Crippen molar-refractivity contribution in [3.8, 4) is 0 Å². The highest BCUT2D eigenvalue weighted by molar-refractivity contribution is 6.36. The summed E-state index contributed by atoms with van der Waals surface area (Å²) in [5.74, 6) is -2.75. The molecule has 2 heterocycles. The number of amides is 3. The molecular formula is C20H14Cl2N2O5. The average molecular weight is 433 g/mol. The first-order valence-electron chi connectivity index (χ1n) is 8.74. The van der Waals surface area contributed by atoms with Crippen LogP contribution >= 0.6 is 23.2 Å². The van der Waals surface area contributed by atoms with E-state index in [4.69, 9.17) is 27.9 Å². The molecule has 0 N–H and O–H groups in total. The van der Waals surface area contributed by atoms with Gasteiger partial charge in [0.15, 0.2) is 6.73 Å². The molecule has 2 aliphatic rings. The number of benzene rings is 2. The molecule has 0 bridgehead atoms. The molecule has 9 heteroatoms. The van der Waals surface area contributed by atoms with Crippen LogP contribution in [0.3, 0.4) is 0 Å². The predicted octanol–water partition coefficient (Wildman–Crippen LogP) is 3.14. The third-order valence-electron chi connectivity index (χ3n) is 4.87. The number of imide groups is 1. The van der Waals surface area contributed by atoms with E-state index >= 15 is 0 Å². The van der Waals surface area contributed by atoms with Crippen LogP contribution in [0.5, 0.6) is 0 Å². The second-order valence-electron chi connectivity index (χ2n) is 6.68. The zero-order valence-corrected chi connectivity index (χ0v) is 16.4. The Morgan fingerprint density at radius 3 is 2.34 bits per heavy atom. The first-order chi connectivity index (χ1) is 13.9. The van der Waals surface area contributed by atoms with E-state index in [1.54, 1.807) is 42.5 Å². The summed E-state index contributed by atoms with van der Waals surface area (Å²) in [7, 11) is 0. The van der Waals surface area contributed by atoms with Gasteiger partial charge in [0, 0.05) is 18.0 Å². The van der Waals surface area contributed by atoms with Gasteiger partial charge >= 0.3 is 5.97 Å². The molecule has 0 aromatic heterocycles. The van der Waals surface area contributed by atoms with E-state index in [-0.39, 0.29) is 30.0 Å². The molecule has 148 valence electrons. The van der Waals surface area contributed by atoms with Gasteiger partial charge < -0.3 is 9.64 Å². The molecule has 1 fully saturated rings. The van der Waals surface area contributed by atoms with Crippen molar-refractivity contribution >= 4 is 52.6 Å². The molecule has 29 heavy (non-hydrogen) atoms. The summed E-state index contributed by atoms with van der Waals surface area (Å²) in [4.78, 5) is 51.7. The molecule has 2 aliphatic heterocycles. The molecule has 3 amide bonds. The summed E-state index contributed by atoms with van der Waals surface area (Å²) in [6.07, 6.45) is -0.0657. The van der Waals surface area contributed by atoms with Crippen LogP contribution in [0, 0.1) is 5.92 Å². The summed E-state index contributed by atoms with van der Waals surface area (Å²) in [5, 5.41) is 0.747. The Morgan fingerprint density at radius 1 is 1.03 bits per heavy atom. The Hall–Kier alpha value is -2.90. The summed E-state index contributed by atoms with van der Waals surface area (Å²) in [5.41, 5.74) is 0.956. The van der Waals surface area contributed by atoms with Crippen molar-refractivity contribution in [1.82, 2.24) is 4.90 Å². The number of halogens is 2. The number of nitrogens with zero attached hydrogens (tertiary/aromatic N) is 2. The lowest BCUT2D eigenvalue weighted by molar-refractivity contribution is -0.151. The van der Waals surface area contributed by atoms with Crippen LogP contribution < -0.4 is 4.90 Å². The molecule has 0 aliphatic carbocycles. The number of esters is 1. The number of carbonyl (C=O) groups is 4. The third-order valence-corrected chi connectivity index (χ3v) is 5.43. The van der Waals surface area contributed by atoms with Gasteiger partial charge in [-0.05, 0) is 30.3 Å². The van der Waals surface area contributed by atoms with E-state index in [0.717, 1.165) is 4.90 Å². The number of fused-ring (bicyclic) bond motifs is 1. The van der Waals surface area contributed by atoms with Crippen LogP contribution in [0.4, 0.5) is 5.69 Å². The highest BCUT2D eigenvalue weighted by atomic mass is 35.5. The van der Waals surface area contributed by atoms with Gasteiger partial charge in [0.25, 0.3) is 11.8 Å². The van der Waals surface area contributed by atoms with Gasteiger partial charge in [0.1, 0.15) is 0 Å². The Kier molecular flexibility index (Phi) is 5.02. The normalized spacial score (nSPS) is 18.4. The first kappa shape index (κ1) is 19.4. The maximum atomic E-state index is 12.5. The van der Waals surface area contributed by atoms with Crippen molar-refractivity contribution < 1.29 is 23.9 Å². The minimum atomic E-state index is -0.743. The average Bonchev–Trinajstić information content (AvgIpc) is 3.21. The lowest BCUT2D eigenvalue weighted by Crippen LogP contribution is -2.35. The molecule has 7 nitrogen and oxygen atoms in total. The van der Waals surface area contributed by atoms with Crippen molar-refractivity contribution in [2.24, 2.45) is 5.92 Å². The molecule has 0 saturated carbocycles. The summed E-state index contributed by atoms with van der Waals surface area (Å²) in [6, 6.07) is 11.1. The maximum absolute atomic E-state index is 12.5. The van der Waals surface area contributed by atoms with Crippen LogP contribution in [-0.4, -0.2) is 41.9 Å². The number of hydrogen-bond donors (Lipinski definition) is 0. The Labute approximate surface area is 175 Å². The fourth-order valence-corrected chi connectivity index (χ4v) is 3.78. The predicted molar refractivity (Wildman–Crippen MR) is 105 cm³/mol. The van der Waals surface area contributed by atoms with Gasteiger partial charge in [-0.15, -0.1) is 0 Å². The van der Waals surface area contributed by atoms with E-state index < -0.39 is 30.4 Å². The zero-order valence-electron chi connectivity index (χ0n) is 14.9. The fraction of sp³-hybridized carbons (Fsp3) is 0.200. The highest BCUT2D eigenvalue weighted by Gasteiger charge is 2.39. The summed E-state index contributed by atoms with van der Waals surface area (Å²) < 4.78 is 5.18. The minimum absolute atomic E-state index is 0.0657. The molecule has 2 aromatic carbocycles. The van der Waals surface area contributed by atoms with Gasteiger partial charge in [-0.1, -0.05) is 35.3 Å². The van der Waals surface area contributed by atoms with Crippen molar-refractivity contribution in [2.75, 3.05) is 18.2 Å². The van der Waals surface area contributed by atoms with Gasteiger partial charge in [0.2, 0.25) is 5.91 Å². The first-order valence-corrected chi connectivity index (χ1v) is 9.49. The number of rotatable bonds is 4. The third kappa shape index (κ3) is 3.47. The van der Waals surface area contributed by atoms with Crippen LogP contribution in [0.15, 0.2) is 42.5 Å². The molecular weight excluding hydrogens is 419 g/mol. The molecule has 0 spiro atoms. The molecule has 4 rings (SSSR count). The van der Waals surface area contributed by atoms with Crippen molar-refractivity contribution in [2.45, 2.75) is 6.42 Å². The maximum Gasteiger partial charge on any atom is 0.313 e. The minimum Gasteiger partial charge on any atom is -0.443 e. The Balaban J connectivity index is 1.41. The number of ether oxygens (including phenoxy) is 1. The topological polar surface area (TPSA) is 84.0 Å². The van der Waals surface area contributed by atoms with Crippen LogP contribution in [0.25, 0.3) is 0 Å². The second-order valence-corrected chi connectivity index (χ2v) is 7.52. The smallest absolute Gasteiger partial charge is 0.313 e. The number of carbonyl (C=O) groups excluding carboxylic acids is 4. The van der Waals surface area contributed by atoms with Gasteiger partial charge in [-0.25, -0.2) is 4.90 Å². The molecule has 0 radical (unpaired) electrons. The fourth-order valence-electron chi connectivity index (χ4n) is 3.39. The van der Waals surface area contributed by atoms with E-state index in [0.29, 0.717) is 15.7 Å².